The summed E-state index contributed by atoms with van der Waals surface area (Å²) in [4.78, 5) is 0. The van der Waals surface area contributed by atoms with Gasteiger partial charge >= 0.3 is 0 Å². The van der Waals surface area contributed by atoms with Gasteiger partial charge in [-0.1, -0.05) is 6.92 Å². The van der Waals surface area contributed by atoms with Crippen molar-refractivity contribution in [2.24, 2.45) is 11.8 Å². The predicted octanol–water partition coefficient (Wildman–Crippen LogP) is 1.96. The van der Waals surface area contributed by atoms with Gasteiger partial charge in [-0.25, -0.2) is 0 Å². The molecule has 1 fully saturated rings. The van der Waals surface area contributed by atoms with Crippen LogP contribution in [0, 0.1) is 23.2 Å². The first-order chi connectivity index (χ1) is 5.38. The van der Waals surface area contributed by atoms with Crippen LogP contribution < -0.4 is 5.32 Å². The molecule has 1 aliphatic heterocycles. The topological polar surface area (TPSA) is 35.8 Å². The first kappa shape index (κ1) is 11.7. The highest BCUT2D eigenvalue weighted by atomic mass is 35.5. The highest BCUT2D eigenvalue weighted by Crippen LogP contribution is 2.23. The zero-order valence-electron chi connectivity index (χ0n) is 7.55. The SMILES string of the molecule is CCC(C#N)C1CCNCC1.Cl. The monoisotopic (exact) mass is 188 g/mol. The fourth-order valence-corrected chi connectivity index (χ4v) is 1.78. The zero-order valence-corrected chi connectivity index (χ0v) is 8.36. The maximum absolute atomic E-state index is 8.81. The molecule has 0 aromatic heterocycles. The molecule has 12 heavy (non-hydrogen) atoms. The van der Waals surface area contributed by atoms with Gasteiger partial charge in [0.2, 0.25) is 0 Å². The van der Waals surface area contributed by atoms with Crippen molar-refractivity contribution in [3.63, 3.8) is 0 Å². The molecule has 1 atom stereocenters. The molecule has 0 bridgehead atoms. The van der Waals surface area contributed by atoms with Crippen molar-refractivity contribution >= 4 is 12.4 Å². The van der Waals surface area contributed by atoms with Gasteiger partial charge in [-0.15, -0.1) is 12.4 Å². The van der Waals surface area contributed by atoms with Crippen molar-refractivity contribution < 1.29 is 0 Å². The quantitative estimate of drug-likeness (QED) is 0.719. The van der Waals surface area contributed by atoms with E-state index in [9.17, 15) is 0 Å². The highest BCUT2D eigenvalue weighted by Gasteiger charge is 2.21. The number of rotatable bonds is 2. The van der Waals surface area contributed by atoms with E-state index in [-0.39, 0.29) is 12.4 Å². The molecule has 0 radical (unpaired) electrons. The lowest BCUT2D eigenvalue weighted by molar-refractivity contribution is 0.299. The average molecular weight is 189 g/mol. The first-order valence-electron chi connectivity index (χ1n) is 4.48. The molecule has 3 heteroatoms. The van der Waals surface area contributed by atoms with Gasteiger partial charge < -0.3 is 5.32 Å². The van der Waals surface area contributed by atoms with Gasteiger partial charge in [0.1, 0.15) is 0 Å². The molecular weight excluding hydrogens is 172 g/mol. The van der Waals surface area contributed by atoms with E-state index in [2.05, 4.69) is 18.3 Å². The van der Waals surface area contributed by atoms with E-state index >= 15 is 0 Å². The lowest BCUT2D eigenvalue weighted by Gasteiger charge is -2.25. The minimum atomic E-state index is 0. The Labute approximate surface area is 80.7 Å². The molecule has 1 N–H and O–H groups in total. The number of nitrogens with zero attached hydrogens (tertiary/aromatic N) is 1. The van der Waals surface area contributed by atoms with Crippen LogP contribution >= 0.6 is 12.4 Å². The fourth-order valence-electron chi connectivity index (χ4n) is 1.78. The molecule has 0 aliphatic carbocycles. The molecule has 1 aliphatic rings. The van der Waals surface area contributed by atoms with Gasteiger partial charge in [-0.3, -0.25) is 0 Å². The Hall–Kier alpha value is -0.260. The molecule has 0 saturated carbocycles. The van der Waals surface area contributed by atoms with Crippen molar-refractivity contribution in [3.05, 3.63) is 0 Å². The van der Waals surface area contributed by atoms with Crippen LogP contribution in [0.25, 0.3) is 0 Å². The van der Waals surface area contributed by atoms with Crippen LogP contribution in [-0.2, 0) is 0 Å². The summed E-state index contributed by atoms with van der Waals surface area (Å²) < 4.78 is 0. The molecule has 0 amide bonds. The summed E-state index contributed by atoms with van der Waals surface area (Å²) in [6.45, 7) is 4.31. The number of nitrogens with one attached hydrogen (secondary N) is 1. The summed E-state index contributed by atoms with van der Waals surface area (Å²) in [6.07, 6.45) is 3.39. The van der Waals surface area contributed by atoms with Crippen LogP contribution in [0.2, 0.25) is 0 Å². The van der Waals surface area contributed by atoms with Crippen molar-refractivity contribution in [3.8, 4) is 6.07 Å². The van der Waals surface area contributed by atoms with E-state index in [1.807, 2.05) is 0 Å². The van der Waals surface area contributed by atoms with Gasteiger partial charge in [0, 0.05) is 5.92 Å². The molecule has 70 valence electrons. The second kappa shape index (κ2) is 6.28. The van der Waals surface area contributed by atoms with Gasteiger partial charge in [0.05, 0.1) is 6.07 Å². The summed E-state index contributed by atoms with van der Waals surface area (Å²) in [5.41, 5.74) is 0. The molecule has 0 aromatic rings. The molecule has 1 unspecified atom stereocenters. The van der Waals surface area contributed by atoms with Crippen molar-refractivity contribution in [1.29, 1.82) is 5.26 Å². The second-order valence-electron chi connectivity index (χ2n) is 3.23. The van der Waals surface area contributed by atoms with Gasteiger partial charge in [0.15, 0.2) is 0 Å². The number of halogens is 1. The van der Waals surface area contributed by atoms with Gasteiger partial charge in [-0.05, 0) is 38.3 Å². The van der Waals surface area contributed by atoms with Crippen molar-refractivity contribution in [2.45, 2.75) is 26.2 Å². The minimum absolute atomic E-state index is 0. The summed E-state index contributed by atoms with van der Waals surface area (Å²) in [5.74, 6) is 0.961. The maximum Gasteiger partial charge on any atom is 0.0658 e. The van der Waals surface area contributed by atoms with Crippen molar-refractivity contribution in [1.82, 2.24) is 5.32 Å². The number of nitriles is 1. The second-order valence-corrected chi connectivity index (χ2v) is 3.23. The van der Waals surface area contributed by atoms with Gasteiger partial charge in [0.25, 0.3) is 0 Å². The molecule has 1 rings (SSSR count). The molecular formula is C9H17ClN2. The Kier molecular flexibility index (Phi) is 6.14. The Morgan fingerprint density at radius 3 is 2.50 bits per heavy atom. The molecule has 0 aromatic carbocycles. The first-order valence-corrected chi connectivity index (χ1v) is 4.48. The molecule has 1 heterocycles. The molecule has 0 spiro atoms. The summed E-state index contributed by atoms with van der Waals surface area (Å²) in [7, 11) is 0. The Morgan fingerprint density at radius 2 is 2.08 bits per heavy atom. The van der Waals surface area contributed by atoms with E-state index < -0.39 is 0 Å². The van der Waals surface area contributed by atoms with Gasteiger partial charge in [-0.2, -0.15) is 5.26 Å². The van der Waals surface area contributed by atoms with Crippen LogP contribution in [0.3, 0.4) is 0 Å². The Morgan fingerprint density at radius 1 is 1.50 bits per heavy atom. The van der Waals surface area contributed by atoms with Crippen LogP contribution in [0.1, 0.15) is 26.2 Å². The number of hydrogen-bond acceptors (Lipinski definition) is 2. The highest BCUT2D eigenvalue weighted by molar-refractivity contribution is 5.85. The van der Waals surface area contributed by atoms with E-state index in [4.69, 9.17) is 5.26 Å². The summed E-state index contributed by atoms with van der Waals surface area (Å²) in [6, 6.07) is 2.39. The fraction of sp³-hybridized carbons (Fsp3) is 0.889. The van der Waals surface area contributed by atoms with Crippen molar-refractivity contribution in [2.75, 3.05) is 13.1 Å². The molecule has 2 nitrogen and oxygen atoms in total. The Bertz CT molecular complexity index is 147. The summed E-state index contributed by atoms with van der Waals surface area (Å²) in [5, 5.41) is 12.1. The summed E-state index contributed by atoms with van der Waals surface area (Å²) >= 11 is 0. The zero-order chi connectivity index (χ0) is 8.10. The third kappa shape index (κ3) is 3.00. The van der Waals surface area contributed by atoms with Crippen LogP contribution in [0.15, 0.2) is 0 Å². The van der Waals surface area contributed by atoms with E-state index in [0.29, 0.717) is 11.8 Å². The third-order valence-corrected chi connectivity index (χ3v) is 2.56. The standard InChI is InChI=1S/C9H16N2.ClH/c1-2-8(7-10)9-3-5-11-6-4-9;/h8-9,11H,2-6H2,1H3;1H. The Balaban J connectivity index is 0.00000121. The largest absolute Gasteiger partial charge is 0.317 e. The van der Waals surface area contributed by atoms with Crippen LogP contribution in [0.4, 0.5) is 0 Å². The average Bonchev–Trinajstić information content (AvgIpc) is 2.09. The number of piperidine rings is 1. The normalized spacial score (nSPS) is 20.7. The smallest absolute Gasteiger partial charge is 0.0658 e. The minimum Gasteiger partial charge on any atom is -0.317 e. The number of hydrogen-bond donors (Lipinski definition) is 1. The maximum atomic E-state index is 8.81. The van der Waals surface area contributed by atoms with E-state index in [1.165, 1.54) is 12.8 Å². The van der Waals surface area contributed by atoms with E-state index in [1.54, 1.807) is 0 Å². The lowest BCUT2D eigenvalue weighted by atomic mass is 9.84. The lowest BCUT2D eigenvalue weighted by Crippen LogP contribution is -2.31. The molecule has 1 saturated heterocycles. The third-order valence-electron chi connectivity index (χ3n) is 2.56. The van der Waals surface area contributed by atoms with Crippen LogP contribution in [-0.4, -0.2) is 13.1 Å². The predicted molar refractivity (Wildman–Crippen MR) is 52.2 cm³/mol. The van der Waals surface area contributed by atoms with E-state index in [0.717, 1.165) is 19.5 Å². The van der Waals surface area contributed by atoms with Crippen LogP contribution in [0.5, 0.6) is 0 Å².